The van der Waals surface area contributed by atoms with E-state index in [-0.39, 0.29) is 11.4 Å². The minimum Gasteiger partial charge on any atom is -0.444 e. The number of hydrogen-bond donors (Lipinski definition) is 1. The lowest BCUT2D eigenvalue weighted by Crippen LogP contribution is -2.45. The van der Waals surface area contributed by atoms with Crippen molar-refractivity contribution in [2.45, 2.75) is 64.5 Å². The molecule has 0 bridgehead atoms. The van der Waals surface area contributed by atoms with Crippen molar-refractivity contribution in [2.75, 3.05) is 12.0 Å². The zero-order valence-electron chi connectivity index (χ0n) is 18.4. The van der Waals surface area contributed by atoms with E-state index in [1.54, 1.807) is 44.7 Å². The molecule has 1 N–H and O–H groups in total. The molecule has 1 aliphatic carbocycles. The number of benzene rings is 1. The average molecular weight is 448 g/mol. The molecule has 168 valence electrons. The fraction of sp³-hybridized carbons (Fsp3) is 0.522. The fourth-order valence-corrected chi connectivity index (χ4v) is 4.08. The second kappa shape index (κ2) is 9.77. The van der Waals surface area contributed by atoms with Crippen LogP contribution in [0.1, 0.15) is 51.2 Å². The van der Waals surface area contributed by atoms with Crippen LogP contribution in [0.25, 0.3) is 11.0 Å². The Morgan fingerprint density at radius 1 is 1.19 bits per heavy atom. The third kappa shape index (κ3) is 6.03. The molecule has 0 aliphatic heterocycles. The second-order valence-corrected chi connectivity index (χ2v) is 9.60. The molecule has 1 amide bonds. The minimum absolute atomic E-state index is 0.261. The Morgan fingerprint density at radius 2 is 1.90 bits per heavy atom. The van der Waals surface area contributed by atoms with Gasteiger partial charge in [-0.3, -0.25) is 0 Å². The van der Waals surface area contributed by atoms with E-state index in [0.29, 0.717) is 17.8 Å². The molecule has 0 unspecified atom stereocenters. The molecule has 1 heterocycles. The second-order valence-electron chi connectivity index (χ2n) is 8.61. The lowest BCUT2D eigenvalue weighted by atomic mass is 9.91. The highest BCUT2D eigenvalue weighted by atomic mass is 32.2. The summed E-state index contributed by atoms with van der Waals surface area (Å²) in [5, 5.41) is 3.47. The SMILES string of the molecule is CSCC[C@@H](NC(=O)OC(C)(C)C)C(=O)Oc1ccc2c3c(c(=O)oc2c1)CCCC3. The Hall–Kier alpha value is -2.48. The van der Waals surface area contributed by atoms with Crippen LogP contribution >= 0.6 is 11.8 Å². The number of aryl methyl sites for hydroxylation is 1. The first kappa shape index (κ1) is 23.2. The lowest BCUT2D eigenvalue weighted by Gasteiger charge is -2.23. The first-order valence-corrected chi connectivity index (χ1v) is 11.9. The van der Waals surface area contributed by atoms with Crippen LogP contribution in [0.2, 0.25) is 0 Å². The summed E-state index contributed by atoms with van der Waals surface area (Å²) in [4.78, 5) is 37.2. The Bertz CT molecular complexity index is 1020. The molecule has 3 rings (SSSR count). The van der Waals surface area contributed by atoms with E-state index >= 15 is 0 Å². The number of ether oxygens (including phenoxy) is 2. The maximum atomic E-state index is 12.8. The summed E-state index contributed by atoms with van der Waals surface area (Å²) in [6.45, 7) is 5.26. The summed E-state index contributed by atoms with van der Waals surface area (Å²) in [7, 11) is 0. The first-order chi connectivity index (χ1) is 14.7. The summed E-state index contributed by atoms with van der Waals surface area (Å²) in [5.74, 6) is 0.324. The summed E-state index contributed by atoms with van der Waals surface area (Å²) in [6.07, 6.45) is 5.24. The normalized spacial score (nSPS) is 14.6. The van der Waals surface area contributed by atoms with Gasteiger partial charge < -0.3 is 19.2 Å². The van der Waals surface area contributed by atoms with Gasteiger partial charge in [0.15, 0.2) is 0 Å². The molecule has 0 fully saturated rings. The van der Waals surface area contributed by atoms with E-state index in [9.17, 15) is 14.4 Å². The predicted octanol–water partition coefficient (Wildman–Crippen LogP) is 4.22. The van der Waals surface area contributed by atoms with E-state index in [4.69, 9.17) is 13.9 Å². The average Bonchev–Trinajstić information content (AvgIpc) is 2.69. The summed E-state index contributed by atoms with van der Waals surface area (Å²) in [6, 6.07) is 4.22. The van der Waals surface area contributed by atoms with Crippen molar-refractivity contribution in [1.82, 2.24) is 5.32 Å². The van der Waals surface area contributed by atoms with Crippen LogP contribution in [0.5, 0.6) is 5.75 Å². The molecule has 1 aromatic heterocycles. The lowest BCUT2D eigenvalue weighted by molar-refractivity contribution is -0.136. The third-order valence-corrected chi connectivity index (χ3v) is 5.64. The van der Waals surface area contributed by atoms with Crippen molar-refractivity contribution in [3.8, 4) is 5.75 Å². The van der Waals surface area contributed by atoms with Crippen LogP contribution in [0.4, 0.5) is 4.79 Å². The molecule has 31 heavy (non-hydrogen) atoms. The molecular weight excluding hydrogens is 418 g/mol. The number of fused-ring (bicyclic) bond motifs is 3. The number of amides is 1. The first-order valence-electron chi connectivity index (χ1n) is 10.5. The Morgan fingerprint density at radius 3 is 2.58 bits per heavy atom. The maximum absolute atomic E-state index is 12.8. The zero-order valence-corrected chi connectivity index (χ0v) is 19.2. The van der Waals surface area contributed by atoms with Crippen LogP contribution in [0.15, 0.2) is 27.4 Å². The van der Waals surface area contributed by atoms with E-state index in [0.717, 1.165) is 42.2 Å². The number of nitrogens with one attached hydrogen (secondary N) is 1. The van der Waals surface area contributed by atoms with Gasteiger partial charge in [0.05, 0.1) is 0 Å². The molecule has 8 heteroatoms. The van der Waals surface area contributed by atoms with Gasteiger partial charge in [-0.05, 0) is 82.6 Å². The van der Waals surface area contributed by atoms with Crippen molar-refractivity contribution in [3.63, 3.8) is 0 Å². The van der Waals surface area contributed by atoms with Crippen LogP contribution in [0, 0.1) is 0 Å². The summed E-state index contributed by atoms with van der Waals surface area (Å²) in [5.41, 5.74) is 1.18. The van der Waals surface area contributed by atoms with Crippen molar-refractivity contribution in [3.05, 3.63) is 39.7 Å². The molecule has 2 aromatic rings. The van der Waals surface area contributed by atoms with Gasteiger partial charge in [0.2, 0.25) is 0 Å². The number of rotatable bonds is 6. The van der Waals surface area contributed by atoms with Gasteiger partial charge in [0.25, 0.3) is 0 Å². The summed E-state index contributed by atoms with van der Waals surface area (Å²) < 4.78 is 16.3. The van der Waals surface area contributed by atoms with E-state index < -0.39 is 23.7 Å². The molecule has 0 saturated heterocycles. The highest BCUT2D eigenvalue weighted by Crippen LogP contribution is 2.29. The van der Waals surface area contributed by atoms with Crippen molar-refractivity contribution in [2.24, 2.45) is 0 Å². The molecule has 1 aromatic carbocycles. The van der Waals surface area contributed by atoms with E-state index in [1.807, 2.05) is 12.3 Å². The topological polar surface area (TPSA) is 94.8 Å². The number of carbonyl (C=O) groups excluding carboxylic acids is 2. The van der Waals surface area contributed by atoms with Crippen molar-refractivity contribution < 1.29 is 23.5 Å². The zero-order chi connectivity index (χ0) is 22.6. The van der Waals surface area contributed by atoms with Crippen molar-refractivity contribution >= 4 is 34.8 Å². The van der Waals surface area contributed by atoms with Crippen molar-refractivity contribution in [1.29, 1.82) is 0 Å². The third-order valence-electron chi connectivity index (χ3n) is 5.00. The predicted molar refractivity (Wildman–Crippen MR) is 121 cm³/mol. The van der Waals surface area contributed by atoms with Gasteiger partial charge in [-0.2, -0.15) is 11.8 Å². The number of esters is 1. The molecule has 0 radical (unpaired) electrons. The smallest absolute Gasteiger partial charge is 0.408 e. The molecular formula is C23H29NO6S. The number of carbonyl (C=O) groups is 2. The number of hydrogen-bond acceptors (Lipinski definition) is 7. The summed E-state index contributed by atoms with van der Waals surface area (Å²) >= 11 is 1.56. The molecule has 7 nitrogen and oxygen atoms in total. The van der Waals surface area contributed by atoms with Gasteiger partial charge in [-0.1, -0.05) is 0 Å². The largest absolute Gasteiger partial charge is 0.444 e. The van der Waals surface area contributed by atoms with E-state index in [2.05, 4.69) is 5.32 Å². The Kier molecular flexibility index (Phi) is 7.30. The molecule has 0 spiro atoms. The Balaban J connectivity index is 1.79. The highest BCUT2D eigenvalue weighted by molar-refractivity contribution is 7.98. The van der Waals surface area contributed by atoms with Gasteiger partial charge in [0, 0.05) is 17.0 Å². The quantitative estimate of drug-likeness (QED) is 0.402. The van der Waals surface area contributed by atoms with Gasteiger partial charge >= 0.3 is 17.7 Å². The molecule has 0 saturated carbocycles. The van der Waals surface area contributed by atoms with Crippen LogP contribution < -0.4 is 15.7 Å². The fourth-order valence-electron chi connectivity index (χ4n) is 3.61. The van der Waals surface area contributed by atoms with Gasteiger partial charge in [-0.15, -0.1) is 0 Å². The minimum atomic E-state index is -0.853. The van der Waals surface area contributed by atoms with Crippen LogP contribution in [0.3, 0.4) is 0 Å². The van der Waals surface area contributed by atoms with E-state index in [1.165, 1.54) is 0 Å². The molecule has 1 aliphatic rings. The molecule has 1 atom stereocenters. The number of alkyl carbamates (subject to hydrolysis) is 1. The van der Waals surface area contributed by atoms with Gasteiger partial charge in [0.1, 0.15) is 23.0 Å². The standard InChI is InChI=1S/C23H29NO6S/c1-23(2,3)30-22(27)24-18(11-12-31-4)21(26)28-14-9-10-16-15-7-5-6-8-17(15)20(25)29-19(16)13-14/h9-10,13,18H,5-8,11-12H2,1-4H3,(H,24,27)/t18-/m1/s1. The van der Waals surface area contributed by atoms with Gasteiger partial charge in [-0.25, -0.2) is 14.4 Å². The Labute approximate surface area is 185 Å². The van der Waals surface area contributed by atoms with Crippen LogP contribution in [-0.2, 0) is 22.4 Å². The maximum Gasteiger partial charge on any atom is 0.408 e. The van der Waals surface area contributed by atoms with Crippen LogP contribution in [-0.4, -0.2) is 35.7 Å². The monoisotopic (exact) mass is 447 g/mol. The number of thioether (sulfide) groups is 1. The highest BCUT2D eigenvalue weighted by Gasteiger charge is 2.26.